The van der Waals surface area contributed by atoms with Crippen molar-refractivity contribution in [2.45, 2.75) is 90.4 Å². The van der Waals surface area contributed by atoms with Crippen LogP contribution in [-0.4, -0.2) is 9.73 Å². The van der Waals surface area contributed by atoms with Crippen LogP contribution in [0.4, 0.5) is 0 Å². The first-order valence-corrected chi connectivity index (χ1v) is 12.5. The van der Waals surface area contributed by atoms with Gasteiger partial charge in [0, 0.05) is 28.3 Å². The third-order valence-corrected chi connectivity index (χ3v) is 6.68. The van der Waals surface area contributed by atoms with Crippen LogP contribution in [0.1, 0.15) is 90.7 Å². The second-order valence-corrected chi connectivity index (χ2v) is 13.6. The van der Waals surface area contributed by atoms with E-state index in [0.29, 0.717) is 0 Å². The number of hydrogen-bond donors (Lipinski definition) is 1. The summed E-state index contributed by atoms with van der Waals surface area (Å²) in [5, 5.41) is 1.19. The van der Waals surface area contributed by atoms with Crippen LogP contribution in [0.3, 0.4) is 0 Å². The molecule has 172 valence electrons. The lowest BCUT2D eigenvalue weighted by molar-refractivity contribution is 0.561. The van der Waals surface area contributed by atoms with Crippen molar-refractivity contribution in [2.75, 3.05) is 0 Å². The molecule has 0 saturated carbocycles. The van der Waals surface area contributed by atoms with Crippen LogP contribution in [0.5, 0.6) is 0 Å². The zero-order chi connectivity index (χ0) is 23.7. The molecule has 0 aliphatic carbocycles. The Morgan fingerprint density at radius 3 is 1.94 bits per heavy atom. The minimum Gasteiger partial charge on any atom is -0.256 e. The SMILES string of the molecule is CC(C)(C)SN[C@H](Cc1ccc2ccccc2n1)c1cc(C(C)(C)C)cc(C(C)(C)C)c1. The monoisotopic (exact) mass is 448 g/mol. The highest BCUT2D eigenvalue weighted by Gasteiger charge is 2.24. The van der Waals surface area contributed by atoms with Crippen LogP contribution in [0.2, 0.25) is 0 Å². The molecule has 3 aromatic rings. The Labute approximate surface area is 199 Å². The van der Waals surface area contributed by atoms with E-state index in [1.165, 1.54) is 22.1 Å². The van der Waals surface area contributed by atoms with Crippen LogP contribution < -0.4 is 4.72 Å². The highest BCUT2D eigenvalue weighted by Crippen LogP contribution is 2.34. The van der Waals surface area contributed by atoms with Gasteiger partial charge in [0.1, 0.15) is 0 Å². The maximum Gasteiger partial charge on any atom is 0.0705 e. The van der Waals surface area contributed by atoms with E-state index in [9.17, 15) is 0 Å². The van der Waals surface area contributed by atoms with E-state index < -0.39 is 0 Å². The van der Waals surface area contributed by atoms with Gasteiger partial charge in [-0.15, -0.1) is 0 Å². The van der Waals surface area contributed by atoms with Gasteiger partial charge in [0.05, 0.1) is 5.52 Å². The molecule has 1 N–H and O–H groups in total. The number of para-hydroxylation sites is 1. The third kappa shape index (κ3) is 6.59. The smallest absolute Gasteiger partial charge is 0.0705 e. The fraction of sp³-hybridized carbons (Fsp3) is 0.483. The molecule has 0 amide bonds. The first-order valence-electron chi connectivity index (χ1n) is 11.7. The van der Waals surface area contributed by atoms with Crippen LogP contribution in [-0.2, 0) is 17.3 Å². The zero-order valence-corrected chi connectivity index (χ0v) is 22.2. The molecule has 2 nitrogen and oxygen atoms in total. The van der Waals surface area contributed by atoms with Gasteiger partial charge in [0.15, 0.2) is 0 Å². The number of aromatic nitrogens is 1. The molecule has 0 fully saturated rings. The summed E-state index contributed by atoms with van der Waals surface area (Å²) in [7, 11) is 0. The van der Waals surface area contributed by atoms with E-state index in [2.05, 4.69) is 122 Å². The summed E-state index contributed by atoms with van der Waals surface area (Å²) in [4.78, 5) is 4.98. The van der Waals surface area contributed by atoms with Crippen molar-refractivity contribution in [3.05, 3.63) is 77.0 Å². The molecule has 3 heteroatoms. The molecule has 0 unspecified atom stereocenters. The summed E-state index contributed by atoms with van der Waals surface area (Å²) in [6, 6.07) is 20.1. The topological polar surface area (TPSA) is 24.9 Å². The van der Waals surface area contributed by atoms with Gasteiger partial charge in [-0.25, -0.2) is 0 Å². The second kappa shape index (κ2) is 9.19. The van der Waals surface area contributed by atoms with Crippen LogP contribution in [0, 0.1) is 0 Å². The Morgan fingerprint density at radius 2 is 1.38 bits per heavy atom. The maximum absolute atomic E-state index is 4.98. The maximum atomic E-state index is 4.98. The van der Waals surface area contributed by atoms with Crippen molar-refractivity contribution < 1.29 is 0 Å². The van der Waals surface area contributed by atoms with Crippen molar-refractivity contribution >= 4 is 22.9 Å². The standard InChI is InChI=1S/C29H40N2S/c1-27(2,3)22-16-21(17-23(18-22)28(4,5)6)26(31-32-29(7,8)9)19-24-15-14-20-12-10-11-13-25(20)30-24/h10-18,26,31H,19H2,1-9H3/t26-/m1/s1. The number of rotatable bonds is 5. The summed E-state index contributed by atoms with van der Waals surface area (Å²) in [5.41, 5.74) is 6.49. The summed E-state index contributed by atoms with van der Waals surface area (Å²) in [6.45, 7) is 20.6. The van der Waals surface area contributed by atoms with Gasteiger partial charge in [-0.1, -0.05) is 96.0 Å². The Hall–Kier alpha value is -1.84. The van der Waals surface area contributed by atoms with Crippen molar-refractivity contribution in [2.24, 2.45) is 0 Å². The molecule has 0 aliphatic rings. The number of fused-ring (bicyclic) bond motifs is 1. The van der Waals surface area contributed by atoms with E-state index in [0.717, 1.165) is 17.6 Å². The van der Waals surface area contributed by atoms with E-state index in [1.54, 1.807) is 0 Å². The van der Waals surface area contributed by atoms with Gasteiger partial charge in [0.2, 0.25) is 0 Å². The zero-order valence-electron chi connectivity index (χ0n) is 21.3. The molecule has 0 radical (unpaired) electrons. The van der Waals surface area contributed by atoms with Gasteiger partial charge in [-0.2, -0.15) is 0 Å². The van der Waals surface area contributed by atoms with E-state index in [-0.39, 0.29) is 21.6 Å². The fourth-order valence-electron chi connectivity index (χ4n) is 3.63. The number of nitrogens with zero attached hydrogens (tertiary/aromatic N) is 1. The minimum atomic E-state index is 0.0962. The molecule has 3 rings (SSSR count). The Morgan fingerprint density at radius 1 is 0.781 bits per heavy atom. The lowest BCUT2D eigenvalue weighted by atomic mass is 9.78. The van der Waals surface area contributed by atoms with Crippen molar-refractivity contribution in [1.29, 1.82) is 0 Å². The van der Waals surface area contributed by atoms with Crippen molar-refractivity contribution in [3.63, 3.8) is 0 Å². The van der Waals surface area contributed by atoms with Crippen molar-refractivity contribution in [3.8, 4) is 0 Å². The second-order valence-electron chi connectivity index (χ2n) is 11.9. The molecule has 0 bridgehead atoms. The predicted molar refractivity (Wildman–Crippen MR) is 143 cm³/mol. The fourth-order valence-corrected chi connectivity index (χ4v) is 4.34. The highest BCUT2D eigenvalue weighted by atomic mass is 32.2. The Kier molecular flexibility index (Phi) is 7.12. The third-order valence-electron chi connectivity index (χ3n) is 5.67. The highest BCUT2D eigenvalue weighted by molar-refractivity contribution is 7.98. The number of nitrogens with one attached hydrogen (secondary N) is 1. The lowest BCUT2D eigenvalue weighted by Crippen LogP contribution is -2.25. The van der Waals surface area contributed by atoms with Gasteiger partial charge in [-0.3, -0.25) is 9.71 Å². The summed E-state index contributed by atoms with van der Waals surface area (Å²) >= 11 is 1.81. The molecule has 0 saturated heterocycles. The van der Waals surface area contributed by atoms with Gasteiger partial charge in [0.25, 0.3) is 0 Å². The normalized spacial score (nSPS) is 14.0. The number of benzene rings is 2. The molecule has 1 atom stereocenters. The quantitative estimate of drug-likeness (QED) is 0.399. The molecule has 1 aromatic heterocycles. The lowest BCUT2D eigenvalue weighted by Gasteiger charge is -2.30. The first kappa shape index (κ1) is 24.8. The Balaban J connectivity index is 2.05. The van der Waals surface area contributed by atoms with Crippen LogP contribution >= 0.6 is 11.9 Å². The molecule has 32 heavy (non-hydrogen) atoms. The average Bonchev–Trinajstić information content (AvgIpc) is 2.68. The summed E-state index contributed by atoms with van der Waals surface area (Å²) in [6.07, 6.45) is 0.852. The van der Waals surface area contributed by atoms with Gasteiger partial charge >= 0.3 is 0 Å². The summed E-state index contributed by atoms with van der Waals surface area (Å²) in [5.74, 6) is 0. The summed E-state index contributed by atoms with van der Waals surface area (Å²) < 4.78 is 3.94. The largest absolute Gasteiger partial charge is 0.256 e. The molecule has 2 aromatic carbocycles. The minimum absolute atomic E-state index is 0.0962. The molecule has 0 aliphatic heterocycles. The number of pyridine rings is 1. The Bertz CT molecular complexity index is 1030. The van der Waals surface area contributed by atoms with E-state index >= 15 is 0 Å². The number of hydrogen-bond acceptors (Lipinski definition) is 3. The molecule has 0 spiro atoms. The van der Waals surface area contributed by atoms with E-state index in [1.807, 2.05) is 11.9 Å². The first-order chi connectivity index (χ1) is 14.7. The molecule has 1 heterocycles. The molecular weight excluding hydrogens is 408 g/mol. The van der Waals surface area contributed by atoms with Gasteiger partial charge in [-0.05, 0) is 60.4 Å². The molecular formula is C29H40N2S. The van der Waals surface area contributed by atoms with Crippen LogP contribution in [0.15, 0.2) is 54.6 Å². The van der Waals surface area contributed by atoms with Crippen molar-refractivity contribution in [1.82, 2.24) is 9.71 Å². The average molecular weight is 449 g/mol. The predicted octanol–water partition coefficient (Wildman–Crippen LogP) is 8.15. The van der Waals surface area contributed by atoms with Gasteiger partial charge < -0.3 is 0 Å². The van der Waals surface area contributed by atoms with Crippen LogP contribution in [0.25, 0.3) is 10.9 Å². The van der Waals surface area contributed by atoms with E-state index in [4.69, 9.17) is 4.98 Å².